The van der Waals surface area contributed by atoms with Crippen molar-refractivity contribution in [2.45, 2.75) is 4.90 Å². The number of hydrogen-bond donors (Lipinski definition) is 0. The smallest absolute Gasteiger partial charge is 0.269 e. The minimum atomic E-state index is -3.91. The molecule has 0 aliphatic heterocycles. The molecule has 11 heteroatoms. The average Bonchev–Trinajstić information content (AvgIpc) is 3.43. The van der Waals surface area contributed by atoms with Crippen molar-refractivity contribution < 1.29 is 17.7 Å². The number of hydrogen-bond acceptors (Lipinski definition) is 8. The highest BCUT2D eigenvalue weighted by Crippen LogP contribution is 2.36. The van der Waals surface area contributed by atoms with Gasteiger partial charge in [-0.05, 0) is 41.8 Å². The van der Waals surface area contributed by atoms with Gasteiger partial charge in [0, 0.05) is 25.0 Å². The first-order chi connectivity index (χ1) is 14.4. The molecule has 0 spiro atoms. The monoisotopic (exact) mass is 462 g/mol. The number of sulfonamides is 1. The summed E-state index contributed by atoms with van der Waals surface area (Å²) in [7, 11) is -0.973. The predicted octanol–water partition coefficient (Wildman–Crippen LogP) is 4.35. The lowest BCUT2D eigenvalue weighted by Gasteiger charge is -2.20. The SMILES string of the molecule is COc1ccc(N(C)S(=O)(=O)c2ccsc2-c2nc(-c3ccncc3)no2)cc1Cl. The summed E-state index contributed by atoms with van der Waals surface area (Å²) in [6, 6.07) is 9.73. The Balaban J connectivity index is 1.70. The minimum Gasteiger partial charge on any atom is -0.495 e. The van der Waals surface area contributed by atoms with Crippen molar-refractivity contribution in [3.05, 3.63) is 59.2 Å². The molecule has 0 amide bonds. The van der Waals surface area contributed by atoms with E-state index in [1.807, 2.05) is 0 Å². The Labute approximate surface area is 181 Å². The fourth-order valence-corrected chi connectivity index (χ4v) is 5.48. The molecule has 0 saturated heterocycles. The Bertz CT molecular complexity index is 1290. The van der Waals surface area contributed by atoms with Crippen LogP contribution in [0.3, 0.4) is 0 Å². The molecule has 8 nitrogen and oxygen atoms in total. The van der Waals surface area contributed by atoms with Crippen LogP contribution >= 0.6 is 22.9 Å². The van der Waals surface area contributed by atoms with E-state index in [2.05, 4.69) is 15.1 Å². The molecule has 0 aliphatic carbocycles. The second-order valence-corrected chi connectivity index (χ2v) is 9.33. The van der Waals surface area contributed by atoms with Gasteiger partial charge in [-0.1, -0.05) is 16.8 Å². The van der Waals surface area contributed by atoms with Crippen LogP contribution in [-0.2, 0) is 10.0 Å². The van der Waals surface area contributed by atoms with Crippen LogP contribution < -0.4 is 9.04 Å². The first-order valence-corrected chi connectivity index (χ1v) is 11.3. The van der Waals surface area contributed by atoms with Gasteiger partial charge in [0.2, 0.25) is 5.82 Å². The number of halogens is 1. The molecule has 0 N–H and O–H groups in total. The van der Waals surface area contributed by atoms with Gasteiger partial charge in [0.05, 0.1) is 17.8 Å². The zero-order chi connectivity index (χ0) is 21.3. The molecule has 0 radical (unpaired) electrons. The molecule has 1 aromatic carbocycles. The topological polar surface area (TPSA) is 98.4 Å². The molecular formula is C19H15ClN4O4S2. The lowest BCUT2D eigenvalue weighted by Crippen LogP contribution is -2.26. The van der Waals surface area contributed by atoms with Gasteiger partial charge in [-0.15, -0.1) is 11.3 Å². The predicted molar refractivity (Wildman–Crippen MR) is 114 cm³/mol. The fourth-order valence-electron chi connectivity index (χ4n) is 2.73. The number of ether oxygens (including phenoxy) is 1. The number of methoxy groups -OCH3 is 1. The third-order valence-electron chi connectivity index (χ3n) is 4.33. The van der Waals surface area contributed by atoms with Gasteiger partial charge in [0.25, 0.3) is 15.9 Å². The molecule has 0 bridgehead atoms. The van der Waals surface area contributed by atoms with E-state index in [4.69, 9.17) is 20.9 Å². The van der Waals surface area contributed by atoms with Gasteiger partial charge in [0.1, 0.15) is 15.5 Å². The van der Waals surface area contributed by atoms with Crippen LogP contribution in [0.1, 0.15) is 0 Å². The van der Waals surface area contributed by atoms with E-state index in [-0.39, 0.29) is 10.8 Å². The van der Waals surface area contributed by atoms with Gasteiger partial charge in [-0.3, -0.25) is 9.29 Å². The van der Waals surface area contributed by atoms with E-state index in [1.165, 1.54) is 37.6 Å². The Morgan fingerprint density at radius 3 is 2.63 bits per heavy atom. The van der Waals surface area contributed by atoms with E-state index >= 15 is 0 Å². The summed E-state index contributed by atoms with van der Waals surface area (Å²) < 4.78 is 38.2. The Morgan fingerprint density at radius 2 is 1.93 bits per heavy atom. The maximum Gasteiger partial charge on any atom is 0.269 e. The Kier molecular flexibility index (Phi) is 5.46. The van der Waals surface area contributed by atoms with Crippen molar-refractivity contribution in [2.24, 2.45) is 0 Å². The maximum atomic E-state index is 13.3. The normalized spacial score (nSPS) is 11.4. The van der Waals surface area contributed by atoms with Gasteiger partial charge in [-0.25, -0.2) is 8.42 Å². The van der Waals surface area contributed by atoms with E-state index in [0.717, 1.165) is 4.31 Å². The summed E-state index contributed by atoms with van der Waals surface area (Å²) in [5.74, 6) is 0.924. The third kappa shape index (κ3) is 3.64. The summed E-state index contributed by atoms with van der Waals surface area (Å²) in [5, 5.41) is 5.92. The van der Waals surface area contributed by atoms with E-state index in [9.17, 15) is 8.42 Å². The molecule has 0 saturated carbocycles. The molecular weight excluding hydrogens is 448 g/mol. The number of aromatic nitrogens is 3. The number of thiophene rings is 1. The van der Waals surface area contributed by atoms with Crippen molar-refractivity contribution in [3.63, 3.8) is 0 Å². The standard InChI is InChI=1S/C19H15ClN4O4S2/c1-24(13-3-4-15(27-2)14(20)11-13)30(25,26)16-7-10-29-17(16)19-22-18(23-28-19)12-5-8-21-9-6-12/h3-11H,1-2H3. The molecule has 4 aromatic rings. The summed E-state index contributed by atoms with van der Waals surface area (Å²) in [6.07, 6.45) is 3.22. The molecule has 30 heavy (non-hydrogen) atoms. The third-order valence-corrected chi connectivity index (χ3v) is 7.48. The van der Waals surface area contributed by atoms with Crippen molar-refractivity contribution in [1.82, 2.24) is 15.1 Å². The molecule has 0 aliphatic rings. The Hall–Kier alpha value is -2.95. The largest absolute Gasteiger partial charge is 0.495 e. The Morgan fingerprint density at radius 1 is 1.17 bits per heavy atom. The van der Waals surface area contributed by atoms with E-state index in [0.29, 0.717) is 32.7 Å². The molecule has 4 rings (SSSR count). The second kappa shape index (κ2) is 8.05. The van der Waals surface area contributed by atoms with Gasteiger partial charge < -0.3 is 9.26 Å². The van der Waals surface area contributed by atoms with Crippen LogP contribution in [0.2, 0.25) is 5.02 Å². The molecule has 0 fully saturated rings. The van der Waals surface area contributed by atoms with Crippen molar-refractivity contribution in [3.8, 4) is 27.9 Å². The summed E-state index contributed by atoms with van der Waals surface area (Å²) in [4.78, 5) is 8.72. The van der Waals surface area contributed by atoms with Crippen LogP contribution in [0.5, 0.6) is 5.75 Å². The van der Waals surface area contributed by atoms with Crippen molar-refractivity contribution in [2.75, 3.05) is 18.5 Å². The van der Waals surface area contributed by atoms with Crippen LogP contribution in [0.25, 0.3) is 22.2 Å². The first-order valence-electron chi connectivity index (χ1n) is 8.56. The summed E-state index contributed by atoms with van der Waals surface area (Å²) in [6.45, 7) is 0. The van der Waals surface area contributed by atoms with E-state index < -0.39 is 10.0 Å². The second-order valence-electron chi connectivity index (χ2n) is 6.06. The number of nitrogens with zero attached hydrogens (tertiary/aromatic N) is 4. The number of benzene rings is 1. The zero-order valence-electron chi connectivity index (χ0n) is 15.8. The lowest BCUT2D eigenvalue weighted by molar-refractivity contribution is 0.415. The van der Waals surface area contributed by atoms with Gasteiger partial charge >= 0.3 is 0 Å². The minimum absolute atomic E-state index is 0.0619. The van der Waals surface area contributed by atoms with Crippen LogP contribution in [-0.4, -0.2) is 37.7 Å². The highest BCUT2D eigenvalue weighted by molar-refractivity contribution is 7.93. The molecule has 3 aromatic heterocycles. The highest BCUT2D eigenvalue weighted by Gasteiger charge is 2.29. The molecule has 3 heterocycles. The quantitative estimate of drug-likeness (QED) is 0.420. The molecule has 0 unspecified atom stereocenters. The molecule has 154 valence electrons. The van der Waals surface area contributed by atoms with E-state index in [1.54, 1.807) is 42.0 Å². The fraction of sp³-hybridized carbons (Fsp3) is 0.105. The van der Waals surface area contributed by atoms with Crippen LogP contribution in [0.4, 0.5) is 5.69 Å². The number of pyridine rings is 1. The number of rotatable bonds is 6. The maximum absolute atomic E-state index is 13.3. The summed E-state index contributed by atoms with van der Waals surface area (Å²) >= 11 is 7.35. The number of anilines is 1. The summed E-state index contributed by atoms with van der Waals surface area (Å²) in [5.41, 5.74) is 1.10. The van der Waals surface area contributed by atoms with Crippen molar-refractivity contribution in [1.29, 1.82) is 0 Å². The van der Waals surface area contributed by atoms with Gasteiger partial charge in [-0.2, -0.15) is 4.98 Å². The molecule has 0 atom stereocenters. The van der Waals surface area contributed by atoms with Crippen LogP contribution in [0.15, 0.2) is 63.6 Å². The average molecular weight is 463 g/mol. The zero-order valence-corrected chi connectivity index (χ0v) is 18.2. The van der Waals surface area contributed by atoms with Gasteiger partial charge in [0.15, 0.2) is 0 Å². The lowest BCUT2D eigenvalue weighted by atomic mass is 10.2. The first kappa shape index (κ1) is 20.3. The van der Waals surface area contributed by atoms with Crippen molar-refractivity contribution >= 4 is 38.6 Å². The van der Waals surface area contributed by atoms with Crippen LogP contribution in [0, 0.1) is 0 Å². The highest BCUT2D eigenvalue weighted by atomic mass is 35.5.